The number of ketones is 1. The highest BCUT2D eigenvalue weighted by Crippen LogP contribution is 1.97. The van der Waals surface area contributed by atoms with Gasteiger partial charge in [-0.15, -0.1) is 0 Å². The molecule has 0 spiro atoms. The van der Waals surface area contributed by atoms with Crippen molar-refractivity contribution in [3.05, 3.63) is 0 Å². The van der Waals surface area contributed by atoms with E-state index in [9.17, 15) is 4.79 Å². The normalized spacial score (nSPS) is 6.80. The second-order valence-corrected chi connectivity index (χ2v) is 2.30. The summed E-state index contributed by atoms with van der Waals surface area (Å²) in [5, 5.41) is 0. The van der Waals surface area contributed by atoms with Crippen LogP contribution in [0.2, 0.25) is 0 Å². The molecule has 0 aromatic carbocycles. The zero-order chi connectivity index (χ0) is 5.86. The molecular formula is C6H18O4. The summed E-state index contributed by atoms with van der Waals surface area (Å²) in [5.74, 6) is 0.813. The largest absolute Gasteiger partial charge is 0.412 e. The molecule has 0 bridgehead atoms. The smallest absolute Gasteiger partial charge is 0.130 e. The Morgan fingerprint density at radius 2 is 1.50 bits per heavy atom. The number of hydrogen-bond acceptors (Lipinski definition) is 1. The monoisotopic (exact) mass is 154 g/mol. The van der Waals surface area contributed by atoms with Crippen molar-refractivity contribution >= 4 is 5.78 Å². The molecule has 0 radical (unpaired) electrons. The fraction of sp³-hybridized carbons (Fsp3) is 0.833. The summed E-state index contributed by atoms with van der Waals surface area (Å²) in [7, 11) is 0. The molecule has 4 nitrogen and oxygen atoms in total. The fourth-order valence-electron chi connectivity index (χ4n) is 0.575. The maximum absolute atomic E-state index is 10.3. The predicted molar refractivity (Wildman–Crippen MR) is 41.0 cm³/mol. The topological polar surface area (TPSA) is 112 Å². The number of rotatable bonds is 2. The van der Waals surface area contributed by atoms with Gasteiger partial charge in [-0.3, -0.25) is 0 Å². The lowest BCUT2D eigenvalue weighted by atomic mass is 10.1. The zero-order valence-corrected chi connectivity index (χ0v) is 6.69. The standard InChI is InChI=1S/C6H12O.3H2O/c1-5(2)4-6(3)7;;;/h5H,4H2,1-3H3;3*1H2. The summed E-state index contributed by atoms with van der Waals surface area (Å²) in [6.07, 6.45) is 0.722. The summed E-state index contributed by atoms with van der Waals surface area (Å²) in [4.78, 5) is 10.3. The summed E-state index contributed by atoms with van der Waals surface area (Å²) < 4.78 is 0. The molecule has 10 heavy (non-hydrogen) atoms. The van der Waals surface area contributed by atoms with Crippen LogP contribution in [-0.2, 0) is 4.79 Å². The first-order chi connectivity index (χ1) is 3.13. The van der Waals surface area contributed by atoms with Crippen molar-refractivity contribution in [3.8, 4) is 0 Å². The number of carbonyl (C=O) groups excluding carboxylic acids is 1. The zero-order valence-electron chi connectivity index (χ0n) is 6.69. The van der Waals surface area contributed by atoms with Crippen molar-refractivity contribution in [2.24, 2.45) is 5.92 Å². The Balaban J connectivity index is -0.0000000600. The highest BCUT2D eigenvalue weighted by molar-refractivity contribution is 5.75. The average Bonchev–Trinajstić information content (AvgIpc) is 1.27. The van der Waals surface area contributed by atoms with Gasteiger partial charge in [0.2, 0.25) is 0 Å². The van der Waals surface area contributed by atoms with Gasteiger partial charge < -0.3 is 21.2 Å². The minimum atomic E-state index is 0. The van der Waals surface area contributed by atoms with Gasteiger partial charge in [0, 0.05) is 6.42 Å². The third-order valence-corrected chi connectivity index (χ3v) is 0.696. The summed E-state index contributed by atoms with van der Waals surface area (Å²) in [6.45, 7) is 5.71. The lowest BCUT2D eigenvalue weighted by Crippen LogP contribution is -1.95. The van der Waals surface area contributed by atoms with Crippen LogP contribution < -0.4 is 0 Å². The molecule has 0 heterocycles. The van der Waals surface area contributed by atoms with Crippen molar-refractivity contribution in [2.45, 2.75) is 27.2 Å². The molecule has 66 valence electrons. The predicted octanol–water partition coefficient (Wildman–Crippen LogP) is -0.853. The third-order valence-electron chi connectivity index (χ3n) is 0.696. The minimum absolute atomic E-state index is 0. The second kappa shape index (κ2) is 11.4. The molecule has 0 amide bonds. The Kier molecular flexibility index (Phi) is 25.7. The van der Waals surface area contributed by atoms with Gasteiger partial charge in [0.25, 0.3) is 0 Å². The summed E-state index contributed by atoms with van der Waals surface area (Å²) >= 11 is 0. The van der Waals surface area contributed by atoms with E-state index in [1.54, 1.807) is 6.92 Å². The fourth-order valence-corrected chi connectivity index (χ4v) is 0.575. The first-order valence-corrected chi connectivity index (χ1v) is 2.62. The lowest BCUT2D eigenvalue weighted by molar-refractivity contribution is -0.117. The molecule has 0 saturated carbocycles. The maximum Gasteiger partial charge on any atom is 0.130 e. The van der Waals surface area contributed by atoms with E-state index in [0.29, 0.717) is 5.92 Å². The van der Waals surface area contributed by atoms with Crippen LogP contribution in [0.15, 0.2) is 0 Å². The van der Waals surface area contributed by atoms with E-state index in [1.807, 2.05) is 13.8 Å². The highest BCUT2D eigenvalue weighted by atomic mass is 16.1. The van der Waals surface area contributed by atoms with Crippen molar-refractivity contribution in [1.82, 2.24) is 0 Å². The van der Waals surface area contributed by atoms with Crippen LogP contribution in [0.25, 0.3) is 0 Å². The van der Waals surface area contributed by atoms with E-state index in [0.717, 1.165) is 6.42 Å². The van der Waals surface area contributed by atoms with E-state index in [4.69, 9.17) is 0 Å². The van der Waals surface area contributed by atoms with Gasteiger partial charge in [0.05, 0.1) is 0 Å². The molecule has 0 atom stereocenters. The molecular weight excluding hydrogens is 136 g/mol. The molecule has 6 N–H and O–H groups in total. The first-order valence-electron chi connectivity index (χ1n) is 2.62. The van der Waals surface area contributed by atoms with Gasteiger partial charge >= 0.3 is 0 Å². The molecule has 0 rings (SSSR count). The number of Topliss-reactive ketones (excluding diaryl/α,β-unsaturated/α-hetero) is 1. The summed E-state index contributed by atoms with van der Waals surface area (Å²) in [5.41, 5.74) is 0. The molecule has 0 aromatic rings. The van der Waals surface area contributed by atoms with Gasteiger partial charge in [-0.05, 0) is 12.8 Å². The Labute approximate surface area is 61.2 Å². The molecule has 0 aliphatic heterocycles. The SMILES string of the molecule is CC(=O)CC(C)C.O.O.O. The van der Waals surface area contributed by atoms with E-state index in [1.165, 1.54) is 0 Å². The van der Waals surface area contributed by atoms with Crippen LogP contribution >= 0.6 is 0 Å². The van der Waals surface area contributed by atoms with Gasteiger partial charge in [-0.2, -0.15) is 0 Å². The van der Waals surface area contributed by atoms with Crippen LogP contribution in [-0.4, -0.2) is 22.2 Å². The molecule has 0 aromatic heterocycles. The third kappa shape index (κ3) is 25.7. The van der Waals surface area contributed by atoms with Gasteiger partial charge in [0.15, 0.2) is 0 Å². The minimum Gasteiger partial charge on any atom is -0.412 e. The molecule has 0 fully saturated rings. The van der Waals surface area contributed by atoms with E-state index >= 15 is 0 Å². The Morgan fingerprint density at radius 3 is 1.50 bits per heavy atom. The van der Waals surface area contributed by atoms with Gasteiger partial charge in [-0.1, -0.05) is 13.8 Å². The number of hydrogen-bond donors (Lipinski definition) is 0. The van der Waals surface area contributed by atoms with E-state index in [-0.39, 0.29) is 22.2 Å². The lowest BCUT2D eigenvalue weighted by Gasteiger charge is -1.95. The Morgan fingerprint density at radius 1 is 1.20 bits per heavy atom. The Bertz CT molecular complexity index is 70.1. The quantitative estimate of drug-likeness (QED) is 0.506. The van der Waals surface area contributed by atoms with E-state index < -0.39 is 0 Å². The van der Waals surface area contributed by atoms with Gasteiger partial charge in [0.1, 0.15) is 5.78 Å². The van der Waals surface area contributed by atoms with Crippen LogP contribution in [0.4, 0.5) is 0 Å². The molecule has 0 aliphatic carbocycles. The van der Waals surface area contributed by atoms with Crippen molar-refractivity contribution in [3.63, 3.8) is 0 Å². The molecule has 0 saturated heterocycles. The van der Waals surface area contributed by atoms with Crippen molar-refractivity contribution in [1.29, 1.82) is 0 Å². The molecule has 0 unspecified atom stereocenters. The first kappa shape index (κ1) is 22.7. The van der Waals surface area contributed by atoms with Crippen molar-refractivity contribution in [2.75, 3.05) is 0 Å². The molecule has 0 aliphatic rings. The van der Waals surface area contributed by atoms with Gasteiger partial charge in [-0.25, -0.2) is 0 Å². The average molecular weight is 154 g/mol. The molecule has 4 heteroatoms. The van der Waals surface area contributed by atoms with Crippen LogP contribution in [0.3, 0.4) is 0 Å². The summed E-state index contributed by atoms with van der Waals surface area (Å²) in [6, 6.07) is 0. The van der Waals surface area contributed by atoms with E-state index in [2.05, 4.69) is 0 Å². The Hall–Kier alpha value is -0.450. The van der Waals surface area contributed by atoms with Crippen LogP contribution in [0.5, 0.6) is 0 Å². The highest BCUT2D eigenvalue weighted by Gasteiger charge is 1.95. The maximum atomic E-state index is 10.3. The number of carbonyl (C=O) groups is 1. The van der Waals surface area contributed by atoms with Crippen LogP contribution in [0.1, 0.15) is 27.2 Å². The second-order valence-electron chi connectivity index (χ2n) is 2.30. The van der Waals surface area contributed by atoms with Crippen LogP contribution in [0, 0.1) is 5.92 Å². The van der Waals surface area contributed by atoms with Crippen molar-refractivity contribution < 1.29 is 21.2 Å².